The second-order valence-electron chi connectivity index (χ2n) is 3.56. The summed E-state index contributed by atoms with van der Waals surface area (Å²) >= 11 is 4.33. The number of aliphatic hydroxyl groups excluding tert-OH is 1. The second kappa shape index (κ2) is 3.50. The van der Waals surface area contributed by atoms with E-state index in [4.69, 9.17) is 5.11 Å². The van der Waals surface area contributed by atoms with Crippen molar-refractivity contribution in [2.45, 2.75) is 24.2 Å². The molecule has 0 aliphatic carbocycles. The van der Waals surface area contributed by atoms with Crippen molar-refractivity contribution in [3.8, 4) is 0 Å². The monoisotopic (exact) mass is 182 g/mol. The maximum atomic E-state index is 9.14. The number of thiol groups is 1. The predicted molar refractivity (Wildman–Crippen MR) is 53.8 cm³/mol. The van der Waals surface area contributed by atoms with Crippen LogP contribution in [-0.4, -0.2) is 11.7 Å². The summed E-state index contributed by atoms with van der Waals surface area (Å²) < 4.78 is 0. The van der Waals surface area contributed by atoms with Gasteiger partial charge in [-0.05, 0) is 11.6 Å². The highest BCUT2D eigenvalue weighted by Gasteiger charge is 2.20. The van der Waals surface area contributed by atoms with Crippen LogP contribution in [-0.2, 0) is 5.41 Å². The van der Waals surface area contributed by atoms with Gasteiger partial charge in [-0.1, -0.05) is 32.0 Å². The van der Waals surface area contributed by atoms with Crippen LogP contribution in [0.5, 0.6) is 0 Å². The van der Waals surface area contributed by atoms with Gasteiger partial charge >= 0.3 is 0 Å². The Bertz CT molecular complexity index is 268. The number of rotatable bonds is 2. The molecule has 12 heavy (non-hydrogen) atoms. The zero-order chi connectivity index (χ0) is 9.19. The SMILES string of the molecule is CC(C)(CO)c1ccccc1S. The minimum absolute atomic E-state index is 0.143. The zero-order valence-corrected chi connectivity index (χ0v) is 8.31. The molecule has 0 atom stereocenters. The molecule has 0 aliphatic rings. The molecule has 1 nitrogen and oxygen atoms in total. The first-order valence-corrected chi connectivity index (χ1v) is 4.42. The van der Waals surface area contributed by atoms with Gasteiger partial charge in [-0.25, -0.2) is 0 Å². The Morgan fingerprint density at radius 2 is 1.92 bits per heavy atom. The summed E-state index contributed by atoms with van der Waals surface area (Å²) in [5.41, 5.74) is 0.897. The average molecular weight is 182 g/mol. The summed E-state index contributed by atoms with van der Waals surface area (Å²) in [5, 5.41) is 9.14. The van der Waals surface area contributed by atoms with Crippen LogP contribution in [0.1, 0.15) is 19.4 Å². The van der Waals surface area contributed by atoms with Gasteiger partial charge in [-0.15, -0.1) is 12.6 Å². The van der Waals surface area contributed by atoms with E-state index < -0.39 is 0 Å². The smallest absolute Gasteiger partial charge is 0.0523 e. The molecule has 0 spiro atoms. The van der Waals surface area contributed by atoms with Crippen LogP contribution in [0.3, 0.4) is 0 Å². The van der Waals surface area contributed by atoms with Gasteiger partial charge in [0.1, 0.15) is 0 Å². The first-order valence-electron chi connectivity index (χ1n) is 3.97. The molecule has 0 unspecified atom stereocenters. The second-order valence-corrected chi connectivity index (χ2v) is 4.04. The van der Waals surface area contributed by atoms with Crippen molar-refractivity contribution in [3.63, 3.8) is 0 Å². The van der Waals surface area contributed by atoms with Gasteiger partial charge in [-0.3, -0.25) is 0 Å². The van der Waals surface area contributed by atoms with E-state index in [0.717, 1.165) is 10.5 Å². The van der Waals surface area contributed by atoms with E-state index in [1.165, 1.54) is 0 Å². The summed E-state index contributed by atoms with van der Waals surface area (Å²) in [6, 6.07) is 7.85. The highest BCUT2D eigenvalue weighted by Crippen LogP contribution is 2.27. The molecule has 0 bridgehead atoms. The molecular weight excluding hydrogens is 168 g/mol. The van der Waals surface area contributed by atoms with Gasteiger partial charge in [0.2, 0.25) is 0 Å². The van der Waals surface area contributed by atoms with Crippen LogP contribution in [0.15, 0.2) is 29.2 Å². The maximum absolute atomic E-state index is 9.14. The third-order valence-electron chi connectivity index (χ3n) is 2.03. The van der Waals surface area contributed by atoms with Gasteiger partial charge in [0, 0.05) is 10.3 Å². The highest BCUT2D eigenvalue weighted by molar-refractivity contribution is 7.80. The lowest BCUT2D eigenvalue weighted by molar-refractivity contribution is 0.216. The Kier molecular flexibility index (Phi) is 2.80. The highest BCUT2D eigenvalue weighted by atomic mass is 32.1. The molecule has 1 aromatic carbocycles. The lowest BCUT2D eigenvalue weighted by Crippen LogP contribution is -2.22. The summed E-state index contributed by atoms with van der Waals surface area (Å²) in [4.78, 5) is 0.941. The average Bonchev–Trinajstić information content (AvgIpc) is 2.05. The molecule has 0 heterocycles. The van der Waals surface area contributed by atoms with E-state index in [0.29, 0.717) is 0 Å². The van der Waals surface area contributed by atoms with Crippen molar-refractivity contribution < 1.29 is 5.11 Å². The number of benzene rings is 1. The molecule has 0 aromatic heterocycles. The van der Waals surface area contributed by atoms with Gasteiger partial charge in [-0.2, -0.15) is 0 Å². The summed E-state index contributed by atoms with van der Waals surface area (Å²) in [6.07, 6.45) is 0. The first-order chi connectivity index (χ1) is 5.58. The minimum Gasteiger partial charge on any atom is -0.395 e. The molecule has 0 saturated heterocycles. The van der Waals surface area contributed by atoms with Crippen molar-refractivity contribution in [1.29, 1.82) is 0 Å². The van der Waals surface area contributed by atoms with Crippen molar-refractivity contribution >= 4 is 12.6 Å². The van der Waals surface area contributed by atoms with E-state index in [1.807, 2.05) is 38.1 Å². The van der Waals surface area contributed by atoms with Gasteiger partial charge < -0.3 is 5.11 Å². The van der Waals surface area contributed by atoms with Crippen molar-refractivity contribution in [2.24, 2.45) is 0 Å². The van der Waals surface area contributed by atoms with E-state index >= 15 is 0 Å². The topological polar surface area (TPSA) is 20.2 Å². The number of hydrogen-bond acceptors (Lipinski definition) is 2. The number of aliphatic hydroxyl groups is 1. The Hall–Kier alpha value is -0.470. The Balaban J connectivity index is 3.10. The molecule has 1 N–H and O–H groups in total. The van der Waals surface area contributed by atoms with E-state index in [2.05, 4.69) is 12.6 Å². The molecule has 0 amide bonds. The molecule has 0 radical (unpaired) electrons. The molecule has 0 fully saturated rings. The fraction of sp³-hybridized carbons (Fsp3) is 0.400. The molecular formula is C10H14OS. The Morgan fingerprint density at radius 3 is 2.42 bits per heavy atom. The van der Waals surface area contributed by atoms with Gasteiger partial charge in [0.25, 0.3) is 0 Å². The van der Waals surface area contributed by atoms with Crippen molar-refractivity contribution in [2.75, 3.05) is 6.61 Å². The molecule has 0 saturated carbocycles. The van der Waals surface area contributed by atoms with Gasteiger partial charge in [0.15, 0.2) is 0 Å². The van der Waals surface area contributed by atoms with Crippen LogP contribution in [0.2, 0.25) is 0 Å². The standard InChI is InChI=1S/C10H14OS/c1-10(2,7-11)8-5-3-4-6-9(8)12/h3-6,11-12H,7H2,1-2H3. The maximum Gasteiger partial charge on any atom is 0.0523 e. The van der Waals surface area contributed by atoms with E-state index in [9.17, 15) is 0 Å². The summed E-state index contributed by atoms with van der Waals surface area (Å²) in [5.74, 6) is 0. The van der Waals surface area contributed by atoms with Crippen LogP contribution in [0.4, 0.5) is 0 Å². The van der Waals surface area contributed by atoms with E-state index in [1.54, 1.807) is 0 Å². The third kappa shape index (κ3) is 1.82. The molecule has 1 aromatic rings. The lowest BCUT2D eigenvalue weighted by atomic mass is 9.86. The first kappa shape index (κ1) is 9.62. The molecule has 66 valence electrons. The lowest BCUT2D eigenvalue weighted by Gasteiger charge is -2.23. The molecule has 1 rings (SSSR count). The Morgan fingerprint density at radius 1 is 1.33 bits per heavy atom. The van der Waals surface area contributed by atoms with Gasteiger partial charge in [0.05, 0.1) is 6.61 Å². The minimum atomic E-state index is -0.196. The number of hydrogen-bond donors (Lipinski definition) is 2. The quantitative estimate of drug-likeness (QED) is 0.672. The normalized spacial score (nSPS) is 11.7. The third-order valence-corrected chi connectivity index (χ3v) is 2.42. The van der Waals surface area contributed by atoms with E-state index in [-0.39, 0.29) is 12.0 Å². The van der Waals surface area contributed by atoms with Crippen LogP contribution in [0, 0.1) is 0 Å². The van der Waals surface area contributed by atoms with Crippen LogP contribution >= 0.6 is 12.6 Å². The fourth-order valence-electron chi connectivity index (χ4n) is 1.13. The van der Waals surface area contributed by atoms with Crippen LogP contribution in [0.25, 0.3) is 0 Å². The zero-order valence-electron chi connectivity index (χ0n) is 7.41. The summed E-state index contributed by atoms with van der Waals surface area (Å²) in [6.45, 7) is 4.15. The predicted octanol–water partition coefficient (Wildman–Crippen LogP) is 2.25. The van der Waals surface area contributed by atoms with Crippen molar-refractivity contribution in [1.82, 2.24) is 0 Å². The van der Waals surface area contributed by atoms with Crippen LogP contribution < -0.4 is 0 Å². The molecule has 2 heteroatoms. The molecule has 0 aliphatic heterocycles. The Labute approximate surface area is 78.8 Å². The fourth-order valence-corrected chi connectivity index (χ4v) is 1.59. The largest absolute Gasteiger partial charge is 0.395 e. The summed E-state index contributed by atoms with van der Waals surface area (Å²) in [7, 11) is 0. The van der Waals surface area contributed by atoms with Crippen molar-refractivity contribution in [3.05, 3.63) is 29.8 Å².